The van der Waals surface area contributed by atoms with Crippen molar-refractivity contribution in [2.24, 2.45) is 0 Å². The fourth-order valence-electron chi connectivity index (χ4n) is 1.10. The van der Waals surface area contributed by atoms with Crippen molar-refractivity contribution in [3.05, 3.63) is 23.3 Å². The summed E-state index contributed by atoms with van der Waals surface area (Å²) >= 11 is 0. The zero-order valence-corrected chi connectivity index (χ0v) is 9.40. The number of hydrogen-bond donors (Lipinski definition) is 0. The maximum atomic E-state index is 13.3. The minimum absolute atomic E-state index is 0.326. The van der Waals surface area contributed by atoms with Crippen LogP contribution in [0.5, 0.6) is 5.75 Å². The number of carbonyl (C=O) groups excluding carboxylic acids is 1. The van der Waals surface area contributed by atoms with Gasteiger partial charge in [-0.25, -0.2) is 14.2 Å². The van der Waals surface area contributed by atoms with E-state index in [0.29, 0.717) is 7.11 Å². The van der Waals surface area contributed by atoms with Gasteiger partial charge in [0.25, 0.3) is 0 Å². The molecule has 4 nitrogen and oxygen atoms in total. The molecule has 0 radical (unpaired) electrons. The van der Waals surface area contributed by atoms with Crippen LogP contribution in [0.2, 0.25) is 0 Å². The monoisotopic (exact) mass is 307 g/mol. The number of aromatic nitrogens is 1. The van der Waals surface area contributed by atoms with Crippen molar-refractivity contribution in [3.63, 3.8) is 0 Å². The maximum absolute atomic E-state index is 13.3. The highest BCUT2D eigenvalue weighted by Crippen LogP contribution is 2.34. The highest BCUT2D eigenvalue weighted by atomic mass is 19.4. The van der Waals surface area contributed by atoms with Gasteiger partial charge in [0.1, 0.15) is 5.69 Å². The van der Waals surface area contributed by atoms with E-state index in [1.165, 1.54) is 0 Å². The molecule has 0 N–H and O–H groups in total. The van der Waals surface area contributed by atoms with E-state index in [-0.39, 0.29) is 6.07 Å². The summed E-state index contributed by atoms with van der Waals surface area (Å²) in [6.45, 7) is 0. The van der Waals surface area contributed by atoms with Crippen LogP contribution in [0.3, 0.4) is 0 Å². The number of alkyl halides is 6. The number of pyridine rings is 1. The summed E-state index contributed by atoms with van der Waals surface area (Å²) in [6.07, 6.45) is -10.6. The highest BCUT2D eigenvalue weighted by molar-refractivity contribution is 5.90. The lowest BCUT2D eigenvalue weighted by Gasteiger charge is -2.14. The van der Waals surface area contributed by atoms with Gasteiger partial charge in [-0.1, -0.05) is 0 Å². The smallest absolute Gasteiger partial charge is 0.464 e. The van der Waals surface area contributed by atoms with Crippen LogP contribution < -0.4 is 4.74 Å². The number of nitrogens with zero attached hydrogens (tertiary/aromatic N) is 1. The largest absolute Gasteiger partial charge is 0.573 e. The molecule has 0 aliphatic rings. The second-order valence-electron chi connectivity index (χ2n) is 3.20. The SMILES string of the molecule is COC(=O)c1nc(C(F)(F)F)cc(F)c1OC(F)(F)F. The van der Waals surface area contributed by atoms with Crippen molar-refractivity contribution >= 4 is 5.97 Å². The van der Waals surface area contributed by atoms with Crippen LogP contribution in [0, 0.1) is 5.82 Å². The zero-order chi connectivity index (χ0) is 15.7. The Balaban J connectivity index is 3.47. The van der Waals surface area contributed by atoms with Gasteiger partial charge in [0.2, 0.25) is 0 Å². The van der Waals surface area contributed by atoms with Crippen LogP contribution in [-0.2, 0) is 10.9 Å². The number of methoxy groups -OCH3 is 1. The third-order valence-electron chi connectivity index (χ3n) is 1.81. The second kappa shape index (κ2) is 5.13. The Morgan fingerprint density at radius 1 is 1.20 bits per heavy atom. The van der Waals surface area contributed by atoms with Gasteiger partial charge in [-0.05, 0) is 0 Å². The van der Waals surface area contributed by atoms with Crippen molar-refractivity contribution in [2.45, 2.75) is 12.5 Å². The van der Waals surface area contributed by atoms with Gasteiger partial charge in [0, 0.05) is 6.07 Å². The molecular formula is C9H4F7NO3. The van der Waals surface area contributed by atoms with Gasteiger partial charge in [0.05, 0.1) is 7.11 Å². The molecule has 20 heavy (non-hydrogen) atoms. The van der Waals surface area contributed by atoms with E-state index in [9.17, 15) is 35.5 Å². The number of rotatable bonds is 2. The van der Waals surface area contributed by atoms with E-state index in [4.69, 9.17) is 0 Å². The van der Waals surface area contributed by atoms with Crippen LogP contribution in [-0.4, -0.2) is 24.4 Å². The summed E-state index contributed by atoms with van der Waals surface area (Å²) in [5, 5.41) is 0. The molecule has 1 heterocycles. The normalized spacial score (nSPS) is 12.2. The first-order chi connectivity index (χ1) is 8.95. The second-order valence-corrected chi connectivity index (χ2v) is 3.20. The molecule has 0 spiro atoms. The lowest BCUT2D eigenvalue weighted by molar-refractivity contribution is -0.275. The summed E-state index contributed by atoms with van der Waals surface area (Å²) in [4.78, 5) is 13.7. The Hall–Kier alpha value is -2.07. The average Bonchev–Trinajstić information content (AvgIpc) is 2.27. The summed E-state index contributed by atoms with van der Waals surface area (Å²) in [5.41, 5.74) is -3.47. The van der Waals surface area contributed by atoms with Crippen molar-refractivity contribution in [1.82, 2.24) is 4.98 Å². The molecule has 112 valence electrons. The Labute approximate surface area is 106 Å². The van der Waals surface area contributed by atoms with Gasteiger partial charge in [-0.15, -0.1) is 13.2 Å². The van der Waals surface area contributed by atoms with Crippen molar-refractivity contribution in [2.75, 3.05) is 7.11 Å². The number of halogens is 7. The molecule has 0 fully saturated rings. The Morgan fingerprint density at radius 3 is 2.15 bits per heavy atom. The minimum Gasteiger partial charge on any atom is -0.464 e. The van der Waals surface area contributed by atoms with E-state index in [0.717, 1.165) is 0 Å². The molecule has 0 saturated carbocycles. The van der Waals surface area contributed by atoms with Gasteiger partial charge in [0.15, 0.2) is 17.3 Å². The van der Waals surface area contributed by atoms with E-state index in [2.05, 4.69) is 14.5 Å². The molecule has 0 saturated heterocycles. The Morgan fingerprint density at radius 2 is 1.75 bits per heavy atom. The molecule has 0 unspecified atom stereocenters. The number of hydrogen-bond acceptors (Lipinski definition) is 4. The first kappa shape index (κ1) is 16.0. The number of esters is 1. The molecular weight excluding hydrogens is 303 g/mol. The lowest BCUT2D eigenvalue weighted by atomic mass is 10.2. The highest BCUT2D eigenvalue weighted by Gasteiger charge is 2.39. The molecule has 11 heteroatoms. The predicted molar refractivity (Wildman–Crippen MR) is 47.2 cm³/mol. The molecule has 1 rings (SSSR count). The molecule has 0 aromatic carbocycles. The summed E-state index contributed by atoms with van der Waals surface area (Å²) in [6, 6.07) is -0.326. The standard InChI is InChI=1S/C9H4F7NO3/c1-19-7(18)5-6(20-9(14,15)16)3(10)2-4(17-5)8(11,12)13/h2H,1H3. The van der Waals surface area contributed by atoms with Crippen LogP contribution in [0.4, 0.5) is 30.7 Å². The molecule has 1 aromatic heterocycles. The summed E-state index contributed by atoms with van der Waals surface area (Å²) in [7, 11) is 0.666. The number of carbonyl (C=O) groups is 1. The van der Waals surface area contributed by atoms with Gasteiger partial charge < -0.3 is 9.47 Å². The lowest BCUT2D eigenvalue weighted by Crippen LogP contribution is -2.22. The third-order valence-corrected chi connectivity index (χ3v) is 1.81. The number of ether oxygens (including phenoxy) is 2. The summed E-state index contributed by atoms with van der Waals surface area (Å²) < 4.78 is 93.4. The average molecular weight is 307 g/mol. The fourth-order valence-corrected chi connectivity index (χ4v) is 1.10. The first-order valence-corrected chi connectivity index (χ1v) is 4.57. The molecule has 0 aliphatic carbocycles. The van der Waals surface area contributed by atoms with Crippen LogP contribution >= 0.6 is 0 Å². The van der Waals surface area contributed by atoms with Crippen LogP contribution in [0.25, 0.3) is 0 Å². The fraction of sp³-hybridized carbons (Fsp3) is 0.333. The quantitative estimate of drug-likeness (QED) is 0.622. The van der Waals surface area contributed by atoms with Crippen molar-refractivity contribution < 1.29 is 45.0 Å². The Kier molecular flexibility index (Phi) is 4.10. The minimum atomic E-state index is -5.43. The molecule has 0 amide bonds. The molecule has 0 atom stereocenters. The molecule has 1 aromatic rings. The zero-order valence-electron chi connectivity index (χ0n) is 9.40. The predicted octanol–water partition coefficient (Wildman–Crippen LogP) is 2.92. The Bertz CT molecular complexity index is 523. The van der Waals surface area contributed by atoms with Gasteiger partial charge >= 0.3 is 18.5 Å². The van der Waals surface area contributed by atoms with Crippen LogP contribution in [0.15, 0.2) is 6.07 Å². The topological polar surface area (TPSA) is 48.4 Å². The van der Waals surface area contributed by atoms with Gasteiger partial charge in [-0.2, -0.15) is 13.2 Å². The first-order valence-electron chi connectivity index (χ1n) is 4.57. The van der Waals surface area contributed by atoms with Crippen molar-refractivity contribution in [1.29, 1.82) is 0 Å². The van der Waals surface area contributed by atoms with E-state index < -0.39 is 41.5 Å². The third kappa shape index (κ3) is 3.71. The van der Waals surface area contributed by atoms with Crippen LogP contribution in [0.1, 0.15) is 16.2 Å². The summed E-state index contributed by atoms with van der Waals surface area (Å²) in [5.74, 6) is -5.56. The van der Waals surface area contributed by atoms with Crippen molar-refractivity contribution in [3.8, 4) is 5.75 Å². The van der Waals surface area contributed by atoms with Gasteiger partial charge in [-0.3, -0.25) is 0 Å². The van der Waals surface area contributed by atoms with E-state index >= 15 is 0 Å². The molecule has 0 aliphatic heterocycles. The van der Waals surface area contributed by atoms with E-state index in [1.807, 2.05) is 0 Å². The molecule has 0 bridgehead atoms. The maximum Gasteiger partial charge on any atom is 0.573 e. The van der Waals surface area contributed by atoms with E-state index in [1.54, 1.807) is 0 Å².